The molecule has 1 aromatic rings. The number of hydrogen-bond donors (Lipinski definition) is 0. The molecule has 0 saturated carbocycles. The zero-order valence-corrected chi connectivity index (χ0v) is 11.0. The fourth-order valence-electron chi connectivity index (χ4n) is 1.33. The monoisotopic (exact) mass is 266 g/mol. The Morgan fingerprint density at radius 2 is 1.58 bits per heavy atom. The number of ether oxygens (including phenoxy) is 3. The minimum absolute atomic E-state index is 0.0591. The van der Waals surface area contributed by atoms with Crippen LogP contribution in [0.25, 0.3) is 0 Å². The molecule has 0 heterocycles. The van der Waals surface area contributed by atoms with Crippen molar-refractivity contribution in [3.63, 3.8) is 0 Å². The molecule has 0 saturated heterocycles. The van der Waals surface area contributed by atoms with Gasteiger partial charge in [0.2, 0.25) is 0 Å². The molecule has 0 spiro atoms. The molecule has 1 aromatic carbocycles. The minimum Gasteiger partial charge on any atom is -0.457 e. The van der Waals surface area contributed by atoms with Crippen LogP contribution in [0, 0.1) is 0 Å². The third-order valence-corrected chi connectivity index (χ3v) is 2.26. The molecule has 0 N–H and O–H groups in total. The van der Waals surface area contributed by atoms with E-state index in [1.807, 2.05) is 6.92 Å². The van der Waals surface area contributed by atoms with Gasteiger partial charge in [-0.25, -0.2) is 4.79 Å². The van der Waals surface area contributed by atoms with Gasteiger partial charge < -0.3 is 14.2 Å². The van der Waals surface area contributed by atoms with Gasteiger partial charge in [0, 0.05) is 12.2 Å². The van der Waals surface area contributed by atoms with Gasteiger partial charge in [0.05, 0.1) is 19.8 Å². The van der Waals surface area contributed by atoms with Crippen molar-refractivity contribution < 1.29 is 23.8 Å². The Bertz CT molecular complexity index is 388. The summed E-state index contributed by atoms with van der Waals surface area (Å²) in [5, 5.41) is 0. The van der Waals surface area contributed by atoms with Crippen molar-refractivity contribution in [3.05, 3.63) is 35.9 Å². The van der Waals surface area contributed by atoms with Crippen LogP contribution in [0.5, 0.6) is 0 Å². The smallest absolute Gasteiger partial charge is 0.379 e. The van der Waals surface area contributed by atoms with Crippen molar-refractivity contribution in [2.45, 2.75) is 6.92 Å². The lowest BCUT2D eigenvalue weighted by Crippen LogP contribution is -2.20. The van der Waals surface area contributed by atoms with Crippen LogP contribution in [0.3, 0.4) is 0 Å². The van der Waals surface area contributed by atoms with E-state index in [1.165, 1.54) is 0 Å². The number of carbonyl (C=O) groups is 2. The summed E-state index contributed by atoms with van der Waals surface area (Å²) < 4.78 is 15.0. The van der Waals surface area contributed by atoms with Gasteiger partial charge in [0.25, 0.3) is 5.78 Å². The first-order valence-electron chi connectivity index (χ1n) is 6.17. The van der Waals surface area contributed by atoms with E-state index in [-0.39, 0.29) is 13.2 Å². The molecule has 0 aliphatic rings. The average molecular weight is 266 g/mol. The molecule has 0 atom stereocenters. The van der Waals surface area contributed by atoms with E-state index in [9.17, 15) is 9.59 Å². The highest BCUT2D eigenvalue weighted by Gasteiger charge is 2.16. The van der Waals surface area contributed by atoms with Gasteiger partial charge in [0.1, 0.15) is 6.61 Å². The van der Waals surface area contributed by atoms with E-state index in [4.69, 9.17) is 14.2 Å². The Morgan fingerprint density at radius 1 is 0.947 bits per heavy atom. The number of carbonyl (C=O) groups excluding carboxylic acids is 2. The van der Waals surface area contributed by atoms with Crippen molar-refractivity contribution in [2.24, 2.45) is 0 Å². The summed E-state index contributed by atoms with van der Waals surface area (Å²) >= 11 is 0. The molecule has 5 nitrogen and oxygen atoms in total. The van der Waals surface area contributed by atoms with Crippen LogP contribution >= 0.6 is 0 Å². The van der Waals surface area contributed by atoms with Gasteiger partial charge in [-0.05, 0) is 6.92 Å². The van der Waals surface area contributed by atoms with Gasteiger partial charge in [-0.2, -0.15) is 0 Å². The van der Waals surface area contributed by atoms with Gasteiger partial charge in [-0.15, -0.1) is 0 Å². The maximum Gasteiger partial charge on any atom is 0.379 e. The normalized spacial score (nSPS) is 10.2. The summed E-state index contributed by atoms with van der Waals surface area (Å²) in [5.74, 6) is -1.51. The minimum atomic E-state index is -0.861. The van der Waals surface area contributed by atoms with Crippen LogP contribution in [0.4, 0.5) is 0 Å². The van der Waals surface area contributed by atoms with E-state index in [0.29, 0.717) is 25.4 Å². The van der Waals surface area contributed by atoms with Gasteiger partial charge in [-0.1, -0.05) is 30.3 Å². The molecule has 0 aliphatic carbocycles. The third kappa shape index (κ3) is 6.13. The predicted octanol–water partition coefficient (Wildman–Crippen LogP) is 1.47. The zero-order valence-electron chi connectivity index (χ0n) is 11.0. The number of ketones is 1. The molecule has 5 heteroatoms. The lowest BCUT2D eigenvalue weighted by Gasteiger charge is -2.05. The van der Waals surface area contributed by atoms with Crippen LogP contribution in [-0.4, -0.2) is 44.8 Å². The highest BCUT2D eigenvalue weighted by Crippen LogP contribution is 2.01. The zero-order chi connectivity index (χ0) is 13.9. The summed E-state index contributed by atoms with van der Waals surface area (Å²) in [6.45, 7) is 3.80. The Balaban J connectivity index is 2.16. The molecule has 19 heavy (non-hydrogen) atoms. The number of rotatable bonds is 9. The van der Waals surface area contributed by atoms with Crippen molar-refractivity contribution in [2.75, 3.05) is 33.0 Å². The largest absolute Gasteiger partial charge is 0.457 e. The van der Waals surface area contributed by atoms with Crippen molar-refractivity contribution >= 4 is 11.8 Å². The molecule has 0 radical (unpaired) electrons. The first kappa shape index (κ1) is 15.3. The quantitative estimate of drug-likeness (QED) is 0.293. The molecule has 104 valence electrons. The summed E-state index contributed by atoms with van der Waals surface area (Å²) in [6.07, 6.45) is 0. The van der Waals surface area contributed by atoms with Crippen LogP contribution < -0.4 is 0 Å². The topological polar surface area (TPSA) is 61.8 Å². The first-order valence-corrected chi connectivity index (χ1v) is 6.17. The van der Waals surface area contributed by atoms with Crippen LogP contribution in [0.15, 0.2) is 30.3 Å². The summed E-state index contributed by atoms with van der Waals surface area (Å²) in [4.78, 5) is 23.0. The highest BCUT2D eigenvalue weighted by molar-refractivity contribution is 6.40. The molecule has 0 fully saturated rings. The summed E-state index contributed by atoms with van der Waals surface area (Å²) in [6, 6.07) is 8.30. The standard InChI is InChI=1S/C14H18O5/c1-2-17-8-9-18-10-11-19-14(16)13(15)12-6-4-3-5-7-12/h3-7H,2,8-11H2,1H3. The van der Waals surface area contributed by atoms with E-state index in [0.717, 1.165) is 0 Å². The Morgan fingerprint density at radius 3 is 2.26 bits per heavy atom. The van der Waals surface area contributed by atoms with Crippen molar-refractivity contribution in [3.8, 4) is 0 Å². The average Bonchev–Trinajstić information content (AvgIpc) is 2.46. The molecule has 0 bridgehead atoms. The lowest BCUT2D eigenvalue weighted by molar-refractivity contribution is -0.139. The third-order valence-electron chi connectivity index (χ3n) is 2.26. The number of benzene rings is 1. The molecular formula is C14H18O5. The predicted molar refractivity (Wildman–Crippen MR) is 69.0 cm³/mol. The molecule has 1 rings (SSSR count). The van der Waals surface area contributed by atoms with Crippen molar-refractivity contribution in [1.82, 2.24) is 0 Å². The number of hydrogen-bond acceptors (Lipinski definition) is 5. The van der Waals surface area contributed by atoms with E-state index in [1.54, 1.807) is 30.3 Å². The van der Waals surface area contributed by atoms with E-state index in [2.05, 4.69) is 0 Å². The molecule has 0 aromatic heterocycles. The summed E-state index contributed by atoms with van der Waals surface area (Å²) in [5.41, 5.74) is 0.324. The molecule has 0 aliphatic heterocycles. The second-order valence-electron chi connectivity index (χ2n) is 3.64. The Hall–Kier alpha value is -1.72. The fourth-order valence-corrected chi connectivity index (χ4v) is 1.33. The molecular weight excluding hydrogens is 248 g/mol. The van der Waals surface area contributed by atoms with E-state index >= 15 is 0 Å². The SMILES string of the molecule is CCOCCOCCOC(=O)C(=O)c1ccccc1. The molecule has 0 unspecified atom stereocenters. The van der Waals surface area contributed by atoms with Gasteiger partial charge in [0.15, 0.2) is 0 Å². The Kier molecular flexibility index (Phi) is 7.46. The second-order valence-corrected chi connectivity index (χ2v) is 3.64. The van der Waals surface area contributed by atoms with E-state index < -0.39 is 11.8 Å². The highest BCUT2D eigenvalue weighted by atomic mass is 16.6. The summed E-state index contributed by atoms with van der Waals surface area (Å²) in [7, 11) is 0. The van der Waals surface area contributed by atoms with Gasteiger partial charge in [-0.3, -0.25) is 4.79 Å². The van der Waals surface area contributed by atoms with Gasteiger partial charge >= 0.3 is 5.97 Å². The fraction of sp³-hybridized carbons (Fsp3) is 0.429. The second kappa shape index (κ2) is 9.24. The maximum absolute atomic E-state index is 11.6. The van der Waals surface area contributed by atoms with Crippen LogP contribution in [0.1, 0.15) is 17.3 Å². The van der Waals surface area contributed by atoms with Crippen LogP contribution in [0.2, 0.25) is 0 Å². The van der Waals surface area contributed by atoms with Crippen molar-refractivity contribution in [1.29, 1.82) is 0 Å². The maximum atomic E-state index is 11.6. The number of Topliss-reactive ketones (excluding diaryl/α,β-unsaturated/α-hetero) is 1. The lowest BCUT2D eigenvalue weighted by atomic mass is 10.1. The first-order chi connectivity index (χ1) is 9.25. The van der Waals surface area contributed by atoms with Crippen LogP contribution in [-0.2, 0) is 19.0 Å². The molecule has 0 amide bonds. The Labute approximate surface area is 112 Å². The number of esters is 1.